The second-order valence-corrected chi connectivity index (χ2v) is 5.64. The molecule has 0 aliphatic carbocycles. The summed E-state index contributed by atoms with van der Waals surface area (Å²) in [6.45, 7) is 1.17. The van der Waals surface area contributed by atoms with Gasteiger partial charge in [0.15, 0.2) is 0 Å². The molecule has 1 aromatic carbocycles. The molecule has 0 fully saturated rings. The molecule has 1 aliphatic heterocycles. The Hall–Kier alpha value is -3.22. The Morgan fingerprint density at radius 1 is 1.24 bits per heavy atom. The first-order chi connectivity index (χ1) is 12.1. The number of pyridine rings is 1. The average Bonchev–Trinajstić information content (AvgIpc) is 2.67. The number of benzene rings is 1. The fourth-order valence-electron chi connectivity index (χ4n) is 2.58. The zero-order valence-electron chi connectivity index (χ0n) is 13.5. The van der Waals surface area contributed by atoms with Crippen LogP contribution in [0.1, 0.15) is 17.7 Å². The highest BCUT2D eigenvalue weighted by Gasteiger charge is 2.21. The van der Waals surface area contributed by atoms with E-state index < -0.39 is 4.92 Å². The first-order valence-corrected chi connectivity index (χ1v) is 7.89. The number of aromatic nitrogens is 1. The molecule has 2 heterocycles. The van der Waals surface area contributed by atoms with Crippen LogP contribution in [0.4, 0.5) is 10.5 Å². The van der Waals surface area contributed by atoms with Gasteiger partial charge in [0.1, 0.15) is 12.8 Å². The van der Waals surface area contributed by atoms with Gasteiger partial charge in [-0.1, -0.05) is 36.4 Å². The molecule has 0 spiro atoms. The molecule has 0 atom stereocenters. The van der Waals surface area contributed by atoms with Crippen LogP contribution >= 0.6 is 0 Å². The van der Waals surface area contributed by atoms with E-state index in [4.69, 9.17) is 4.74 Å². The number of rotatable bonds is 4. The maximum Gasteiger partial charge on any atom is 0.410 e. The summed E-state index contributed by atoms with van der Waals surface area (Å²) in [6.07, 6.45) is 3.53. The minimum Gasteiger partial charge on any atom is -0.445 e. The topological polar surface area (TPSA) is 85.6 Å². The smallest absolute Gasteiger partial charge is 0.410 e. The molecule has 0 bridgehead atoms. The van der Waals surface area contributed by atoms with Crippen molar-refractivity contribution >= 4 is 17.4 Å². The third-order valence-corrected chi connectivity index (χ3v) is 3.90. The minimum absolute atomic E-state index is 0.0562. The summed E-state index contributed by atoms with van der Waals surface area (Å²) in [7, 11) is 0. The van der Waals surface area contributed by atoms with Crippen LogP contribution in [-0.4, -0.2) is 34.0 Å². The van der Waals surface area contributed by atoms with E-state index in [1.807, 2.05) is 36.4 Å². The molecule has 7 heteroatoms. The van der Waals surface area contributed by atoms with Crippen LogP contribution in [-0.2, 0) is 11.3 Å². The Bertz CT molecular complexity index is 788. The molecular formula is C18H17N3O4. The molecule has 1 amide bonds. The summed E-state index contributed by atoms with van der Waals surface area (Å²) in [5, 5.41) is 10.7. The zero-order chi connectivity index (χ0) is 17.6. The van der Waals surface area contributed by atoms with Crippen molar-refractivity contribution < 1.29 is 14.5 Å². The Kier molecular flexibility index (Phi) is 5.03. The van der Waals surface area contributed by atoms with Crippen LogP contribution in [0.3, 0.4) is 0 Å². The fourth-order valence-corrected chi connectivity index (χ4v) is 2.58. The standard InChI is InChI=1S/C18H17N3O4/c22-18(25-13-14-5-2-1-3-6-14)20-10-4-7-15(12-20)17-9-8-16(11-19-17)21(23)24/h1-3,5-9,11H,4,10,12-13H2. The summed E-state index contributed by atoms with van der Waals surface area (Å²) in [5.74, 6) is 0. The molecule has 0 saturated heterocycles. The van der Waals surface area contributed by atoms with Gasteiger partial charge in [-0.05, 0) is 23.6 Å². The lowest BCUT2D eigenvalue weighted by molar-refractivity contribution is -0.385. The summed E-state index contributed by atoms with van der Waals surface area (Å²) in [6, 6.07) is 12.5. The van der Waals surface area contributed by atoms with Gasteiger partial charge in [-0.15, -0.1) is 0 Å². The zero-order valence-corrected chi connectivity index (χ0v) is 13.5. The molecule has 0 N–H and O–H groups in total. The first-order valence-electron chi connectivity index (χ1n) is 7.89. The van der Waals surface area contributed by atoms with E-state index in [1.54, 1.807) is 11.0 Å². The predicted octanol–water partition coefficient (Wildman–Crippen LogP) is 3.42. The number of hydrogen-bond acceptors (Lipinski definition) is 5. The van der Waals surface area contributed by atoms with Gasteiger partial charge >= 0.3 is 6.09 Å². The van der Waals surface area contributed by atoms with Crippen LogP contribution in [0.2, 0.25) is 0 Å². The van der Waals surface area contributed by atoms with Crippen LogP contribution in [0, 0.1) is 10.1 Å². The second kappa shape index (κ2) is 7.57. The molecule has 1 aliphatic rings. The van der Waals surface area contributed by atoms with Crippen molar-refractivity contribution in [1.29, 1.82) is 0 Å². The van der Waals surface area contributed by atoms with Gasteiger partial charge in [-0.3, -0.25) is 10.1 Å². The fraction of sp³-hybridized carbons (Fsp3) is 0.222. The van der Waals surface area contributed by atoms with Crippen LogP contribution in [0.25, 0.3) is 5.57 Å². The molecule has 0 saturated carbocycles. The Labute approximate surface area is 144 Å². The van der Waals surface area contributed by atoms with E-state index in [1.165, 1.54) is 12.3 Å². The maximum absolute atomic E-state index is 12.3. The van der Waals surface area contributed by atoms with Crippen molar-refractivity contribution in [3.8, 4) is 0 Å². The largest absolute Gasteiger partial charge is 0.445 e. The van der Waals surface area contributed by atoms with Gasteiger partial charge in [0, 0.05) is 12.6 Å². The molecule has 7 nitrogen and oxygen atoms in total. The molecule has 1 aromatic heterocycles. The molecular weight excluding hydrogens is 322 g/mol. The van der Waals surface area contributed by atoms with E-state index in [9.17, 15) is 14.9 Å². The Balaban J connectivity index is 1.61. The third kappa shape index (κ3) is 4.20. The van der Waals surface area contributed by atoms with Crippen molar-refractivity contribution in [2.24, 2.45) is 0 Å². The van der Waals surface area contributed by atoms with Gasteiger partial charge in [0.2, 0.25) is 0 Å². The monoisotopic (exact) mass is 339 g/mol. The van der Waals surface area contributed by atoms with Crippen molar-refractivity contribution in [3.05, 3.63) is 76.1 Å². The van der Waals surface area contributed by atoms with Crippen LogP contribution in [0.15, 0.2) is 54.7 Å². The molecule has 0 unspecified atom stereocenters. The van der Waals surface area contributed by atoms with Crippen molar-refractivity contribution in [2.45, 2.75) is 13.0 Å². The molecule has 25 heavy (non-hydrogen) atoms. The number of ether oxygens (including phenoxy) is 1. The van der Waals surface area contributed by atoms with Gasteiger partial charge < -0.3 is 9.64 Å². The number of carbonyl (C=O) groups excluding carboxylic acids is 1. The SMILES string of the molecule is O=C(OCc1ccccc1)N1CCC=C(c2ccc([N+](=O)[O-])cn2)C1. The van der Waals surface area contributed by atoms with E-state index in [2.05, 4.69) is 4.98 Å². The number of carbonyl (C=O) groups is 1. The number of nitro groups is 1. The van der Waals surface area contributed by atoms with E-state index in [0.29, 0.717) is 25.2 Å². The quantitative estimate of drug-likeness (QED) is 0.629. The lowest BCUT2D eigenvalue weighted by atomic mass is 10.1. The predicted molar refractivity (Wildman–Crippen MR) is 91.7 cm³/mol. The van der Waals surface area contributed by atoms with Gasteiger partial charge in [0.25, 0.3) is 5.69 Å². The highest BCUT2D eigenvalue weighted by molar-refractivity contribution is 5.74. The van der Waals surface area contributed by atoms with Gasteiger partial charge in [-0.25, -0.2) is 9.78 Å². The number of nitrogens with zero attached hydrogens (tertiary/aromatic N) is 3. The summed E-state index contributed by atoms with van der Waals surface area (Å²) >= 11 is 0. The number of amides is 1. The van der Waals surface area contributed by atoms with Crippen molar-refractivity contribution in [3.63, 3.8) is 0 Å². The Morgan fingerprint density at radius 2 is 2.04 bits per heavy atom. The molecule has 3 rings (SSSR count). The normalized spacial score (nSPS) is 13.9. The van der Waals surface area contributed by atoms with Crippen molar-refractivity contribution in [2.75, 3.05) is 13.1 Å². The van der Waals surface area contributed by atoms with E-state index in [-0.39, 0.29) is 18.4 Å². The van der Waals surface area contributed by atoms with Crippen LogP contribution < -0.4 is 0 Å². The van der Waals surface area contributed by atoms with Crippen LogP contribution in [0.5, 0.6) is 0 Å². The van der Waals surface area contributed by atoms with Crippen molar-refractivity contribution in [1.82, 2.24) is 9.88 Å². The molecule has 0 radical (unpaired) electrons. The number of hydrogen-bond donors (Lipinski definition) is 0. The maximum atomic E-state index is 12.3. The summed E-state index contributed by atoms with van der Waals surface area (Å²) in [4.78, 5) is 28.2. The van der Waals surface area contributed by atoms with Gasteiger partial charge in [-0.2, -0.15) is 0 Å². The molecule has 2 aromatic rings. The molecule has 128 valence electrons. The second-order valence-electron chi connectivity index (χ2n) is 5.64. The van der Waals surface area contributed by atoms with Gasteiger partial charge in [0.05, 0.1) is 17.2 Å². The van der Waals surface area contributed by atoms with E-state index in [0.717, 1.165) is 11.1 Å². The highest BCUT2D eigenvalue weighted by atomic mass is 16.6. The summed E-state index contributed by atoms with van der Waals surface area (Å²) < 4.78 is 5.35. The first kappa shape index (κ1) is 16.6. The lowest BCUT2D eigenvalue weighted by Crippen LogP contribution is -2.35. The highest BCUT2D eigenvalue weighted by Crippen LogP contribution is 2.21. The average molecular weight is 339 g/mol. The Morgan fingerprint density at radius 3 is 2.72 bits per heavy atom. The third-order valence-electron chi connectivity index (χ3n) is 3.90. The minimum atomic E-state index is -0.487. The van der Waals surface area contributed by atoms with E-state index >= 15 is 0 Å². The lowest BCUT2D eigenvalue weighted by Gasteiger charge is -2.26. The summed E-state index contributed by atoms with van der Waals surface area (Å²) in [5.41, 5.74) is 2.36.